The quantitative estimate of drug-likeness (QED) is 0.873. The summed E-state index contributed by atoms with van der Waals surface area (Å²) < 4.78 is 10.7. The second kappa shape index (κ2) is 4.60. The van der Waals surface area contributed by atoms with Gasteiger partial charge in [0.15, 0.2) is 11.4 Å². The molecular formula is C13H15NO4. The number of ether oxygens (including phenoxy) is 2. The number of benzene rings is 1. The Morgan fingerprint density at radius 3 is 2.67 bits per heavy atom. The molecule has 0 radical (unpaired) electrons. The minimum atomic E-state index is -1.04. The van der Waals surface area contributed by atoms with Crippen LogP contribution < -0.4 is 9.47 Å². The van der Waals surface area contributed by atoms with E-state index < -0.39 is 5.97 Å². The molecule has 0 atom stereocenters. The van der Waals surface area contributed by atoms with Gasteiger partial charge in [-0.2, -0.15) is 0 Å². The fraction of sp³-hybridized carbons (Fsp3) is 0.308. The lowest BCUT2D eigenvalue weighted by molar-refractivity contribution is 0.0685. The van der Waals surface area contributed by atoms with E-state index in [9.17, 15) is 4.79 Å². The van der Waals surface area contributed by atoms with Gasteiger partial charge in [-0.1, -0.05) is 0 Å². The molecule has 0 unspecified atom stereocenters. The van der Waals surface area contributed by atoms with Crippen molar-refractivity contribution < 1.29 is 19.4 Å². The molecule has 0 saturated heterocycles. The lowest BCUT2D eigenvalue weighted by Gasteiger charge is -2.09. The van der Waals surface area contributed by atoms with E-state index in [0.29, 0.717) is 22.4 Å². The van der Waals surface area contributed by atoms with Crippen LogP contribution in [0.3, 0.4) is 0 Å². The van der Waals surface area contributed by atoms with Crippen LogP contribution in [0.15, 0.2) is 18.2 Å². The summed E-state index contributed by atoms with van der Waals surface area (Å²) >= 11 is 0. The van der Waals surface area contributed by atoms with Crippen molar-refractivity contribution in [3.63, 3.8) is 0 Å². The predicted octanol–water partition coefficient (Wildman–Crippen LogP) is 2.66. The average Bonchev–Trinajstić information content (AvgIpc) is 2.67. The summed E-state index contributed by atoms with van der Waals surface area (Å²) in [5, 5.41) is 9.87. The second-order valence-corrected chi connectivity index (χ2v) is 4.21. The number of methoxy groups -OCH3 is 1. The highest BCUT2D eigenvalue weighted by molar-refractivity contribution is 6.00. The van der Waals surface area contributed by atoms with Gasteiger partial charge < -0.3 is 19.6 Å². The predicted molar refractivity (Wildman–Crippen MR) is 67.6 cm³/mol. The summed E-state index contributed by atoms with van der Waals surface area (Å²) in [4.78, 5) is 14.0. The Morgan fingerprint density at radius 1 is 1.39 bits per heavy atom. The van der Waals surface area contributed by atoms with Crippen LogP contribution in [0, 0.1) is 0 Å². The normalized spacial score (nSPS) is 10.9. The van der Waals surface area contributed by atoms with Crippen molar-refractivity contribution in [2.75, 3.05) is 7.11 Å². The van der Waals surface area contributed by atoms with E-state index in [1.807, 2.05) is 13.8 Å². The summed E-state index contributed by atoms with van der Waals surface area (Å²) in [5.41, 5.74) is 0.774. The van der Waals surface area contributed by atoms with Gasteiger partial charge in [0.1, 0.15) is 5.75 Å². The molecule has 1 aromatic heterocycles. The highest BCUT2D eigenvalue weighted by Crippen LogP contribution is 2.33. The topological polar surface area (TPSA) is 71.6 Å². The van der Waals surface area contributed by atoms with Crippen LogP contribution in [0.4, 0.5) is 0 Å². The molecule has 0 saturated carbocycles. The molecule has 0 aliphatic rings. The van der Waals surface area contributed by atoms with E-state index in [1.54, 1.807) is 25.3 Å². The Kier molecular flexibility index (Phi) is 3.14. The molecule has 0 amide bonds. The summed E-state index contributed by atoms with van der Waals surface area (Å²) in [5.74, 6) is -0.0285. The average molecular weight is 249 g/mol. The number of H-pyrrole nitrogens is 1. The van der Waals surface area contributed by atoms with Crippen LogP contribution in [0.2, 0.25) is 0 Å². The molecular weight excluding hydrogens is 234 g/mol. The molecule has 0 spiro atoms. The van der Waals surface area contributed by atoms with Crippen LogP contribution in [0.1, 0.15) is 24.3 Å². The fourth-order valence-electron chi connectivity index (χ4n) is 1.78. The Bertz CT molecular complexity index is 586. The molecule has 1 aromatic carbocycles. The van der Waals surface area contributed by atoms with E-state index in [2.05, 4.69) is 4.98 Å². The van der Waals surface area contributed by atoms with E-state index in [4.69, 9.17) is 14.6 Å². The maximum atomic E-state index is 11.2. The third kappa shape index (κ3) is 2.11. The minimum Gasteiger partial charge on any atom is -0.497 e. The summed E-state index contributed by atoms with van der Waals surface area (Å²) in [6, 6.07) is 5.30. The van der Waals surface area contributed by atoms with Gasteiger partial charge in [0.2, 0.25) is 0 Å². The van der Waals surface area contributed by atoms with Crippen molar-refractivity contribution in [2.45, 2.75) is 20.0 Å². The van der Waals surface area contributed by atoms with Crippen LogP contribution in [-0.4, -0.2) is 29.3 Å². The number of aromatic carboxylic acids is 1. The van der Waals surface area contributed by atoms with Gasteiger partial charge >= 0.3 is 5.97 Å². The van der Waals surface area contributed by atoms with Crippen molar-refractivity contribution in [3.05, 3.63) is 23.9 Å². The first-order valence-corrected chi connectivity index (χ1v) is 5.62. The molecule has 2 rings (SSSR count). The molecule has 5 heteroatoms. The number of carboxylic acid groups (broad SMARTS) is 1. The zero-order chi connectivity index (χ0) is 13.3. The Balaban J connectivity index is 2.65. The second-order valence-electron chi connectivity index (χ2n) is 4.21. The zero-order valence-corrected chi connectivity index (χ0v) is 10.5. The third-order valence-corrected chi connectivity index (χ3v) is 2.53. The first-order chi connectivity index (χ1) is 8.52. The summed E-state index contributed by atoms with van der Waals surface area (Å²) in [7, 11) is 1.56. The number of aromatic nitrogens is 1. The van der Waals surface area contributed by atoms with E-state index in [0.717, 1.165) is 0 Å². The number of rotatable bonds is 4. The molecule has 2 N–H and O–H groups in total. The maximum Gasteiger partial charge on any atom is 0.356 e. The number of fused-ring (bicyclic) bond motifs is 1. The molecule has 2 aromatic rings. The maximum absolute atomic E-state index is 11.2. The SMILES string of the molecule is COc1ccc2[nH]c(C(=O)O)c(OC(C)C)c2c1. The van der Waals surface area contributed by atoms with E-state index in [-0.39, 0.29) is 11.8 Å². The molecule has 96 valence electrons. The van der Waals surface area contributed by atoms with Gasteiger partial charge in [-0.05, 0) is 32.0 Å². The number of hydrogen-bond acceptors (Lipinski definition) is 3. The number of carboxylic acids is 1. The molecule has 5 nitrogen and oxygen atoms in total. The zero-order valence-electron chi connectivity index (χ0n) is 10.5. The molecule has 0 bridgehead atoms. The smallest absolute Gasteiger partial charge is 0.356 e. The van der Waals surface area contributed by atoms with Gasteiger partial charge in [0.05, 0.1) is 18.7 Å². The lowest BCUT2D eigenvalue weighted by Crippen LogP contribution is -2.09. The van der Waals surface area contributed by atoms with Crippen molar-refractivity contribution in [1.29, 1.82) is 0 Å². The van der Waals surface area contributed by atoms with Crippen molar-refractivity contribution >= 4 is 16.9 Å². The molecule has 0 fully saturated rings. The first-order valence-electron chi connectivity index (χ1n) is 5.62. The molecule has 0 aliphatic heterocycles. The first kappa shape index (κ1) is 12.3. The van der Waals surface area contributed by atoms with Crippen LogP contribution in [-0.2, 0) is 0 Å². The number of nitrogens with one attached hydrogen (secondary N) is 1. The van der Waals surface area contributed by atoms with Gasteiger partial charge in [-0.15, -0.1) is 0 Å². The standard InChI is InChI=1S/C13H15NO4/c1-7(2)18-12-9-6-8(17-3)4-5-10(9)14-11(12)13(15)16/h4-7,14H,1-3H3,(H,15,16). The van der Waals surface area contributed by atoms with Gasteiger partial charge in [-0.25, -0.2) is 4.79 Å². The largest absolute Gasteiger partial charge is 0.497 e. The highest BCUT2D eigenvalue weighted by Gasteiger charge is 2.19. The highest BCUT2D eigenvalue weighted by atomic mass is 16.5. The summed E-state index contributed by atoms with van der Waals surface area (Å²) in [6.45, 7) is 3.70. The van der Waals surface area contributed by atoms with Gasteiger partial charge in [0, 0.05) is 5.39 Å². The monoisotopic (exact) mass is 249 g/mol. The molecule has 18 heavy (non-hydrogen) atoms. The van der Waals surface area contributed by atoms with E-state index in [1.165, 1.54) is 0 Å². The van der Waals surface area contributed by atoms with Gasteiger partial charge in [0.25, 0.3) is 0 Å². The lowest BCUT2D eigenvalue weighted by atomic mass is 10.2. The molecule has 1 heterocycles. The third-order valence-electron chi connectivity index (χ3n) is 2.53. The van der Waals surface area contributed by atoms with Crippen LogP contribution >= 0.6 is 0 Å². The van der Waals surface area contributed by atoms with Gasteiger partial charge in [-0.3, -0.25) is 0 Å². The number of aromatic amines is 1. The van der Waals surface area contributed by atoms with Crippen LogP contribution in [0.5, 0.6) is 11.5 Å². The van der Waals surface area contributed by atoms with Crippen molar-refractivity contribution in [1.82, 2.24) is 4.98 Å². The van der Waals surface area contributed by atoms with E-state index >= 15 is 0 Å². The van der Waals surface area contributed by atoms with Crippen LogP contribution in [0.25, 0.3) is 10.9 Å². The molecule has 0 aliphatic carbocycles. The number of hydrogen-bond donors (Lipinski definition) is 2. The van der Waals surface area contributed by atoms with Crippen molar-refractivity contribution in [3.8, 4) is 11.5 Å². The number of carbonyl (C=O) groups is 1. The van der Waals surface area contributed by atoms with Crippen molar-refractivity contribution in [2.24, 2.45) is 0 Å². The Labute approximate surface area is 104 Å². The Morgan fingerprint density at radius 2 is 2.11 bits per heavy atom. The minimum absolute atomic E-state index is 0.0620. The fourth-order valence-corrected chi connectivity index (χ4v) is 1.78. The Hall–Kier alpha value is -2.17. The summed E-state index contributed by atoms with van der Waals surface area (Å²) in [6.07, 6.45) is -0.103.